The number of hydrogen-bond acceptors (Lipinski definition) is 18. The van der Waals surface area contributed by atoms with Gasteiger partial charge in [0, 0.05) is 38.5 Å². The summed E-state index contributed by atoms with van der Waals surface area (Å²) in [7, 11) is -17.7. The van der Waals surface area contributed by atoms with Gasteiger partial charge < -0.3 is 30.0 Å². The Kier molecular flexibility index (Phi) is 16.7. The van der Waals surface area contributed by atoms with Crippen LogP contribution in [0.1, 0.15) is 13.8 Å². The van der Waals surface area contributed by atoms with Gasteiger partial charge in [0.15, 0.2) is 19.7 Å². The number of aromatic hydroxyl groups is 2. The Balaban J connectivity index is 0.000000387. The van der Waals surface area contributed by atoms with Crippen molar-refractivity contribution in [1.82, 2.24) is 0 Å². The number of nitrogens with zero attached hydrogens (tertiary/aromatic N) is 4. The number of carbonyl (C=O) groups excluding carboxylic acids is 2. The van der Waals surface area contributed by atoms with Crippen LogP contribution in [0.5, 0.6) is 11.5 Å². The van der Waals surface area contributed by atoms with E-state index in [1.54, 1.807) is 0 Å². The smallest absolute Gasteiger partial charge is 0.744 e. The van der Waals surface area contributed by atoms with Gasteiger partial charge in [-0.1, -0.05) is 23.2 Å². The fourth-order valence-corrected chi connectivity index (χ4v) is 7.24. The van der Waals surface area contributed by atoms with Crippen LogP contribution in [-0.2, 0) is 49.5 Å². The van der Waals surface area contributed by atoms with Crippen molar-refractivity contribution < 1.29 is 62.6 Å². The summed E-state index contributed by atoms with van der Waals surface area (Å²) in [4.78, 5) is 20.0. The third-order valence-electron chi connectivity index (χ3n) is 6.52. The minimum Gasteiger partial charge on any atom is -0.744 e. The summed E-state index contributed by atoms with van der Waals surface area (Å²) in [5.41, 5.74) is -0.382. The zero-order valence-corrected chi connectivity index (χ0v) is 36.4. The molecule has 300 valence electrons. The normalized spacial score (nSPS) is 12.1. The summed E-state index contributed by atoms with van der Waals surface area (Å²) in [6.07, 6.45) is 1.62. The summed E-state index contributed by atoms with van der Waals surface area (Å²) in [6.45, 7) is 2.44. The van der Waals surface area contributed by atoms with E-state index in [0.29, 0.717) is 12.1 Å². The first-order valence-electron chi connectivity index (χ1n) is 14.6. The van der Waals surface area contributed by atoms with Gasteiger partial charge in [-0.15, -0.1) is 20.5 Å². The molecule has 4 rings (SSSR count). The Morgan fingerprint density at radius 2 is 0.860 bits per heavy atom. The van der Waals surface area contributed by atoms with Gasteiger partial charge in [0.25, 0.3) is 0 Å². The van der Waals surface area contributed by atoms with Crippen molar-refractivity contribution in [2.24, 2.45) is 20.5 Å². The largest absolute Gasteiger partial charge is 2.00 e. The van der Waals surface area contributed by atoms with E-state index < -0.39 is 71.3 Å². The zero-order valence-electron chi connectivity index (χ0n) is 29.5. The molecule has 0 atom stereocenters. The number of halogens is 2. The van der Waals surface area contributed by atoms with Crippen LogP contribution in [0.25, 0.3) is 0 Å². The Bertz CT molecular complexity index is 2580. The van der Waals surface area contributed by atoms with Crippen molar-refractivity contribution in [3.63, 3.8) is 0 Å². The number of benzene rings is 4. The van der Waals surface area contributed by atoms with Gasteiger partial charge in [0.1, 0.15) is 54.5 Å². The van der Waals surface area contributed by atoms with Crippen molar-refractivity contribution in [2.45, 2.75) is 33.4 Å². The van der Waals surface area contributed by atoms with Gasteiger partial charge >= 0.3 is 37.7 Å². The molecular formula is C30H26CaCl2N6O14S4. The molecule has 0 aliphatic carbocycles. The SMILES string of the molecule is CC(=O)Nc1cc(O)c(Cl)cc1/N=N/c1ccc(S(=O)(=O)[O-])cc1S(C)(=O)=O.CC(=O)Nc1cc(O)c(Cl)cc1/N=N/c1ccc(S(=O)(=O)[O-])cc1S(C)(=O)=O.[Ca+2]. The maximum absolute atomic E-state index is 11.9. The van der Waals surface area contributed by atoms with Crippen LogP contribution < -0.4 is 10.6 Å². The summed E-state index contributed by atoms with van der Waals surface area (Å²) in [6, 6.07) is 9.79. The molecule has 4 N–H and O–H groups in total. The molecule has 0 heterocycles. The predicted molar refractivity (Wildman–Crippen MR) is 204 cm³/mol. The zero-order chi connectivity index (χ0) is 42.6. The second kappa shape index (κ2) is 19.3. The number of rotatable bonds is 10. The molecule has 0 saturated carbocycles. The van der Waals surface area contributed by atoms with E-state index in [2.05, 4.69) is 31.1 Å². The number of amides is 2. The van der Waals surface area contributed by atoms with E-state index in [1.807, 2.05) is 0 Å². The van der Waals surface area contributed by atoms with Gasteiger partial charge in [-0.3, -0.25) is 9.59 Å². The van der Waals surface area contributed by atoms with E-state index in [1.165, 1.54) is 26.0 Å². The number of phenols is 2. The molecule has 4 aromatic carbocycles. The third kappa shape index (κ3) is 14.2. The topological polar surface area (TPSA) is 331 Å². The maximum Gasteiger partial charge on any atom is 2.00 e. The van der Waals surface area contributed by atoms with Crippen LogP contribution in [0.3, 0.4) is 0 Å². The van der Waals surface area contributed by atoms with E-state index in [-0.39, 0.29) is 93.4 Å². The molecule has 2 amide bonds. The molecule has 27 heteroatoms. The molecule has 0 fully saturated rings. The van der Waals surface area contributed by atoms with E-state index in [9.17, 15) is 62.6 Å². The van der Waals surface area contributed by atoms with Crippen molar-refractivity contribution in [3.8, 4) is 11.5 Å². The maximum atomic E-state index is 11.9. The summed E-state index contributed by atoms with van der Waals surface area (Å²) in [5, 5.41) is 39.1. The molecule has 0 aliphatic rings. The van der Waals surface area contributed by atoms with Crippen LogP contribution in [-0.4, -0.2) is 115 Å². The van der Waals surface area contributed by atoms with E-state index in [0.717, 1.165) is 48.9 Å². The predicted octanol–water partition coefficient (Wildman–Crippen LogP) is 5.07. The van der Waals surface area contributed by atoms with Crippen LogP contribution in [0.4, 0.5) is 34.1 Å². The average molecular weight is 934 g/mol. The quantitative estimate of drug-likeness (QED) is 0.0916. The molecule has 4 aromatic rings. The Labute approximate surface area is 365 Å². The Morgan fingerprint density at radius 3 is 1.12 bits per heavy atom. The Morgan fingerprint density at radius 1 is 0.561 bits per heavy atom. The molecule has 0 aromatic heterocycles. The van der Waals surface area contributed by atoms with E-state index >= 15 is 0 Å². The number of anilines is 2. The summed E-state index contributed by atoms with van der Waals surface area (Å²) >= 11 is 11.6. The second-order valence-electron chi connectivity index (χ2n) is 11.1. The molecule has 0 aliphatic heterocycles. The van der Waals surface area contributed by atoms with Crippen LogP contribution in [0.15, 0.2) is 101 Å². The van der Waals surface area contributed by atoms with Crippen molar-refractivity contribution in [1.29, 1.82) is 0 Å². The first-order valence-corrected chi connectivity index (χ1v) is 22.0. The molecular weight excluding hydrogens is 908 g/mol. The van der Waals surface area contributed by atoms with Gasteiger partial charge in [0.2, 0.25) is 11.8 Å². The first-order chi connectivity index (χ1) is 25.6. The van der Waals surface area contributed by atoms with E-state index in [4.69, 9.17) is 23.2 Å². The molecule has 0 unspecified atom stereocenters. The Hall–Kier alpha value is -3.82. The molecule has 57 heavy (non-hydrogen) atoms. The van der Waals surface area contributed by atoms with Gasteiger partial charge in [-0.05, 0) is 48.5 Å². The standard InChI is InChI=1S/2C15H14ClN3O7S2.Ca/c2*1-8(20)17-12-7-14(21)10(16)6-13(12)19-18-11-4-3-9(28(24,25)26)5-15(11)27(2,22)23;/h2*3-7,21H,1-2H3,(H,17,20)(H,24,25,26);/q;;+2/p-2/b2*19-18+;. The number of nitrogens with one attached hydrogen (secondary N) is 2. The van der Waals surface area contributed by atoms with Crippen LogP contribution in [0, 0.1) is 0 Å². The van der Waals surface area contributed by atoms with Gasteiger partial charge in [-0.2, -0.15) is 0 Å². The number of carbonyl (C=O) groups is 2. The first kappa shape index (κ1) is 49.3. The number of azo groups is 2. The molecule has 0 spiro atoms. The van der Waals surface area contributed by atoms with Crippen molar-refractivity contribution in [3.05, 3.63) is 70.7 Å². The third-order valence-corrected chi connectivity index (χ3v) is 11.0. The molecule has 20 nitrogen and oxygen atoms in total. The van der Waals surface area contributed by atoms with Crippen molar-refractivity contribution >= 4 is 147 Å². The summed E-state index contributed by atoms with van der Waals surface area (Å²) in [5.74, 6) is -1.60. The minimum absolute atomic E-state index is 0. The fraction of sp³-hybridized carbons (Fsp3) is 0.133. The number of phenolic OH excluding ortho intramolecular Hbond substituents is 2. The summed E-state index contributed by atoms with van der Waals surface area (Å²) < 4.78 is 115. The van der Waals surface area contributed by atoms with Gasteiger partial charge in [-0.25, -0.2) is 33.7 Å². The molecule has 0 radical (unpaired) electrons. The number of hydrogen-bond donors (Lipinski definition) is 4. The monoisotopic (exact) mass is 932 g/mol. The van der Waals surface area contributed by atoms with Crippen LogP contribution >= 0.6 is 23.2 Å². The van der Waals surface area contributed by atoms with Gasteiger partial charge in [0.05, 0.1) is 41.0 Å². The average Bonchev–Trinajstić information content (AvgIpc) is 3.04. The fourth-order valence-electron chi connectivity index (χ4n) is 4.12. The number of sulfone groups is 2. The molecule has 0 bridgehead atoms. The minimum atomic E-state index is -4.88. The second-order valence-corrected chi connectivity index (χ2v) is 18.7. The van der Waals surface area contributed by atoms with Crippen LogP contribution in [0.2, 0.25) is 10.0 Å². The van der Waals surface area contributed by atoms with Crippen molar-refractivity contribution in [2.75, 3.05) is 23.1 Å². The molecule has 0 saturated heterocycles.